The van der Waals surface area contributed by atoms with Crippen molar-refractivity contribution in [3.05, 3.63) is 18.3 Å². The van der Waals surface area contributed by atoms with Crippen LogP contribution in [0.4, 0.5) is 5.82 Å². The predicted molar refractivity (Wildman–Crippen MR) is 88.1 cm³/mol. The molecule has 2 aliphatic rings. The lowest BCUT2D eigenvalue weighted by molar-refractivity contribution is -0.149. The minimum Gasteiger partial charge on any atom is -0.485 e. The van der Waals surface area contributed by atoms with Crippen molar-refractivity contribution in [3.63, 3.8) is 0 Å². The van der Waals surface area contributed by atoms with Gasteiger partial charge in [-0.15, -0.1) is 0 Å². The standard InChI is InChI=1S/C17H23N3O4/c1-12(17(22)23)16(21)20-10-6-13(11-20)24-14-5-4-7-18-15(14)19-8-2-3-9-19/h4-5,7,12-13H,2-3,6,8-11H2,1H3,(H,22,23). The number of hydrogen-bond acceptors (Lipinski definition) is 5. The molecule has 7 heteroatoms. The largest absolute Gasteiger partial charge is 0.485 e. The zero-order valence-electron chi connectivity index (χ0n) is 13.9. The molecule has 2 saturated heterocycles. The number of carboxylic acid groups (broad SMARTS) is 1. The summed E-state index contributed by atoms with van der Waals surface area (Å²) in [6.45, 7) is 4.34. The van der Waals surface area contributed by atoms with Crippen molar-refractivity contribution >= 4 is 17.7 Å². The van der Waals surface area contributed by atoms with E-state index in [1.165, 1.54) is 6.92 Å². The molecule has 1 N–H and O–H groups in total. The van der Waals surface area contributed by atoms with E-state index in [0.29, 0.717) is 19.5 Å². The number of ether oxygens (including phenoxy) is 1. The fourth-order valence-corrected chi connectivity index (χ4v) is 3.22. The molecule has 1 aromatic heterocycles. The highest BCUT2D eigenvalue weighted by molar-refractivity contribution is 5.96. The second-order valence-electron chi connectivity index (χ2n) is 6.39. The molecule has 2 aliphatic heterocycles. The molecule has 2 unspecified atom stereocenters. The zero-order valence-corrected chi connectivity index (χ0v) is 13.9. The Balaban J connectivity index is 1.64. The molecule has 0 spiro atoms. The quantitative estimate of drug-likeness (QED) is 0.820. The van der Waals surface area contributed by atoms with Crippen molar-refractivity contribution in [2.75, 3.05) is 31.1 Å². The lowest BCUT2D eigenvalue weighted by Crippen LogP contribution is -2.37. The van der Waals surface area contributed by atoms with E-state index in [4.69, 9.17) is 9.84 Å². The number of likely N-dealkylation sites (tertiary alicyclic amines) is 1. The Kier molecular flexibility index (Phi) is 4.87. The van der Waals surface area contributed by atoms with Gasteiger partial charge >= 0.3 is 5.97 Å². The molecule has 3 rings (SSSR count). The highest BCUT2D eigenvalue weighted by atomic mass is 16.5. The number of aliphatic carboxylic acids is 1. The summed E-state index contributed by atoms with van der Waals surface area (Å²) >= 11 is 0. The molecular formula is C17H23N3O4. The normalized spacial score (nSPS) is 21.8. The minimum absolute atomic E-state index is 0.125. The van der Waals surface area contributed by atoms with Crippen molar-refractivity contribution in [3.8, 4) is 5.75 Å². The Morgan fingerprint density at radius 3 is 2.79 bits per heavy atom. The van der Waals surface area contributed by atoms with E-state index in [-0.39, 0.29) is 12.0 Å². The number of carboxylic acids is 1. The zero-order chi connectivity index (χ0) is 17.1. The maximum atomic E-state index is 12.1. The molecule has 2 fully saturated rings. The monoisotopic (exact) mass is 333 g/mol. The van der Waals surface area contributed by atoms with Crippen LogP contribution in [0.3, 0.4) is 0 Å². The molecule has 1 amide bonds. The summed E-state index contributed by atoms with van der Waals surface area (Å²) in [6.07, 6.45) is 4.66. The van der Waals surface area contributed by atoms with Crippen LogP contribution in [0.5, 0.6) is 5.75 Å². The Morgan fingerprint density at radius 2 is 2.08 bits per heavy atom. The minimum atomic E-state index is -1.09. The highest BCUT2D eigenvalue weighted by Gasteiger charge is 2.33. The first-order valence-corrected chi connectivity index (χ1v) is 8.44. The van der Waals surface area contributed by atoms with Crippen LogP contribution in [0.1, 0.15) is 26.2 Å². The number of carbonyl (C=O) groups excluding carboxylic acids is 1. The van der Waals surface area contributed by atoms with Crippen molar-refractivity contribution in [1.29, 1.82) is 0 Å². The fourth-order valence-electron chi connectivity index (χ4n) is 3.22. The second-order valence-corrected chi connectivity index (χ2v) is 6.39. The van der Waals surface area contributed by atoms with Crippen LogP contribution in [0.15, 0.2) is 18.3 Å². The third-order valence-electron chi connectivity index (χ3n) is 4.65. The molecule has 0 bridgehead atoms. The van der Waals surface area contributed by atoms with Crippen LogP contribution in [-0.2, 0) is 9.59 Å². The molecular weight excluding hydrogens is 310 g/mol. The summed E-state index contributed by atoms with van der Waals surface area (Å²) in [5.74, 6) is -0.849. The number of pyridine rings is 1. The number of rotatable bonds is 5. The lowest BCUT2D eigenvalue weighted by Gasteiger charge is -2.22. The van der Waals surface area contributed by atoms with Gasteiger partial charge in [0.1, 0.15) is 12.0 Å². The van der Waals surface area contributed by atoms with E-state index >= 15 is 0 Å². The summed E-state index contributed by atoms with van der Waals surface area (Å²) in [7, 11) is 0. The van der Waals surface area contributed by atoms with Crippen LogP contribution in [-0.4, -0.2) is 59.1 Å². The van der Waals surface area contributed by atoms with Crippen LogP contribution in [0.2, 0.25) is 0 Å². The van der Waals surface area contributed by atoms with Crippen molar-refractivity contribution in [1.82, 2.24) is 9.88 Å². The molecule has 0 saturated carbocycles. The molecule has 1 aromatic rings. The van der Waals surface area contributed by atoms with E-state index in [9.17, 15) is 9.59 Å². The van der Waals surface area contributed by atoms with Gasteiger partial charge < -0.3 is 19.6 Å². The Morgan fingerprint density at radius 1 is 1.33 bits per heavy atom. The van der Waals surface area contributed by atoms with Gasteiger partial charge in [0.05, 0.1) is 6.54 Å². The first-order valence-electron chi connectivity index (χ1n) is 8.44. The predicted octanol–water partition coefficient (Wildman–Crippen LogP) is 1.38. The topological polar surface area (TPSA) is 83.0 Å². The summed E-state index contributed by atoms with van der Waals surface area (Å²) in [4.78, 5) is 31.4. The average molecular weight is 333 g/mol. The molecule has 130 valence electrons. The Bertz CT molecular complexity index is 616. The van der Waals surface area contributed by atoms with Gasteiger partial charge in [-0.05, 0) is 31.9 Å². The van der Waals surface area contributed by atoms with Gasteiger partial charge in [-0.1, -0.05) is 0 Å². The fraction of sp³-hybridized carbons (Fsp3) is 0.588. The third kappa shape index (κ3) is 3.44. The molecule has 7 nitrogen and oxygen atoms in total. The van der Waals surface area contributed by atoms with Gasteiger partial charge in [-0.2, -0.15) is 0 Å². The molecule has 24 heavy (non-hydrogen) atoms. The van der Waals surface area contributed by atoms with E-state index in [1.54, 1.807) is 11.1 Å². The average Bonchev–Trinajstić information content (AvgIpc) is 3.25. The van der Waals surface area contributed by atoms with E-state index in [1.807, 2.05) is 12.1 Å². The number of hydrogen-bond donors (Lipinski definition) is 1. The van der Waals surface area contributed by atoms with E-state index in [2.05, 4.69) is 9.88 Å². The van der Waals surface area contributed by atoms with Gasteiger partial charge in [0.25, 0.3) is 0 Å². The molecule has 0 radical (unpaired) electrons. The second kappa shape index (κ2) is 7.07. The third-order valence-corrected chi connectivity index (χ3v) is 4.65. The lowest BCUT2D eigenvalue weighted by atomic mass is 10.1. The van der Waals surface area contributed by atoms with Crippen LogP contribution in [0, 0.1) is 5.92 Å². The molecule has 0 aromatic carbocycles. The summed E-state index contributed by atoms with van der Waals surface area (Å²) in [5.41, 5.74) is 0. The van der Waals surface area contributed by atoms with Crippen LogP contribution >= 0.6 is 0 Å². The number of carbonyl (C=O) groups is 2. The van der Waals surface area contributed by atoms with Gasteiger partial charge in [0, 0.05) is 32.3 Å². The van der Waals surface area contributed by atoms with Crippen LogP contribution < -0.4 is 9.64 Å². The van der Waals surface area contributed by atoms with Crippen molar-refractivity contribution < 1.29 is 19.4 Å². The first-order chi connectivity index (χ1) is 11.6. The van der Waals surface area contributed by atoms with Crippen LogP contribution in [0.25, 0.3) is 0 Å². The maximum absolute atomic E-state index is 12.1. The van der Waals surface area contributed by atoms with Gasteiger partial charge in [0.2, 0.25) is 5.91 Å². The van der Waals surface area contributed by atoms with Gasteiger partial charge in [-0.25, -0.2) is 4.98 Å². The van der Waals surface area contributed by atoms with Crippen molar-refractivity contribution in [2.45, 2.75) is 32.3 Å². The van der Waals surface area contributed by atoms with E-state index < -0.39 is 11.9 Å². The highest BCUT2D eigenvalue weighted by Crippen LogP contribution is 2.30. The number of anilines is 1. The SMILES string of the molecule is CC(C(=O)O)C(=O)N1CCC(Oc2cccnc2N2CCCC2)C1. The van der Waals surface area contributed by atoms with E-state index in [0.717, 1.165) is 37.5 Å². The number of amides is 1. The Hall–Kier alpha value is -2.31. The number of aromatic nitrogens is 1. The summed E-state index contributed by atoms with van der Waals surface area (Å²) in [6, 6.07) is 3.75. The molecule has 2 atom stereocenters. The maximum Gasteiger partial charge on any atom is 0.315 e. The Labute approximate surface area is 141 Å². The summed E-state index contributed by atoms with van der Waals surface area (Å²) in [5, 5.41) is 8.98. The molecule has 0 aliphatic carbocycles. The summed E-state index contributed by atoms with van der Waals surface area (Å²) < 4.78 is 6.09. The number of nitrogens with zero attached hydrogens (tertiary/aromatic N) is 3. The van der Waals surface area contributed by atoms with Crippen molar-refractivity contribution in [2.24, 2.45) is 5.92 Å². The van der Waals surface area contributed by atoms with Gasteiger partial charge in [-0.3, -0.25) is 9.59 Å². The molecule has 3 heterocycles. The van der Waals surface area contributed by atoms with Gasteiger partial charge in [0.15, 0.2) is 11.6 Å². The first kappa shape index (κ1) is 16.5. The smallest absolute Gasteiger partial charge is 0.315 e.